The van der Waals surface area contributed by atoms with Gasteiger partial charge in [0.15, 0.2) is 0 Å². The normalized spacial score (nSPS) is 11.0. The number of nitrogens with zero attached hydrogens (tertiary/aromatic N) is 1. The van der Waals surface area contributed by atoms with Crippen LogP contribution in [0.25, 0.3) is 22.0 Å². The molecule has 3 aromatic carbocycles. The van der Waals surface area contributed by atoms with E-state index in [1.165, 1.54) is 11.1 Å². The molecule has 0 spiro atoms. The molecule has 0 amide bonds. The summed E-state index contributed by atoms with van der Waals surface area (Å²) in [5.74, 6) is 0. The Morgan fingerprint density at radius 3 is 2.31 bits per heavy atom. The second-order valence-corrected chi connectivity index (χ2v) is 6.86. The summed E-state index contributed by atoms with van der Waals surface area (Å²) in [6.07, 6.45) is 0. The molecule has 128 valence electrons. The average molecular weight is 339 g/mol. The highest BCUT2D eigenvalue weighted by Gasteiger charge is 2.11. The van der Waals surface area contributed by atoms with Gasteiger partial charge in [0.25, 0.3) is 5.56 Å². The summed E-state index contributed by atoms with van der Waals surface area (Å²) in [6, 6.07) is 26.6. The van der Waals surface area contributed by atoms with E-state index >= 15 is 0 Å². The summed E-state index contributed by atoms with van der Waals surface area (Å²) in [7, 11) is 0. The molecule has 2 heteroatoms. The van der Waals surface area contributed by atoms with E-state index in [-0.39, 0.29) is 5.56 Å². The molecule has 1 aromatic heterocycles. The van der Waals surface area contributed by atoms with Crippen LogP contribution in [-0.2, 0) is 6.54 Å². The number of rotatable bonds is 3. The Kier molecular flexibility index (Phi) is 4.18. The van der Waals surface area contributed by atoms with Crippen molar-refractivity contribution < 1.29 is 0 Å². The molecule has 0 aliphatic rings. The number of hydrogen-bond donors (Lipinski definition) is 0. The monoisotopic (exact) mass is 339 g/mol. The fraction of sp³-hybridized carbons (Fsp3) is 0.125. The lowest BCUT2D eigenvalue weighted by Crippen LogP contribution is -2.22. The van der Waals surface area contributed by atoms with Crippen molar-refractivity contribution in [2.75, 3.05) is 0 Å². The maximum absolute atomic E-state index is 13.2. The van der Waals surface area contributed by atoms with E-state index < -0.39 is 0 Å². The van der Waals surface area contributed by atoms with Crippen molar-refractivity contribution in [1.29, 1.82) is 0 Å². The van der Waals surface area contributed by atoms with Crippen molar-refractivity contribution in [1.82, 2.24) is 4.57 Å². The summed E-state index contributed by atoms with van der Waals surface area (Å²) >= 11 is 0. The Balaban J connectivity index is 1.96. The van der Waals surface area contributed by atoms with Crippen LogP contribution >= 0.6 is 0 Å². The highest BCUT2D eigenvalue weighted by Crippen LogP contribution is 2.24. The number of aryl methyl sites for hydroxylation is 2. The molecular weight excluding hydrogens is 318 g/mol. The molecule has 4 rings (SSSR count). The maximum Gasteiger partial charge on any atom is 0.259 e. The Morgan fingerprint density at radius 2 is 1.54 bits per heavy atom. The van der Waals surface area contributed by atoms with E-state index in [0.29, 0.717) is 6.54 Å². The van der Waals surface area contributed by atoms with Crippen molar-refractivity contribution in [3.63, 3.8) is 0 Å². The van der Waals surface area contributed by atoms with Gasteiger partial charge in [-0.1, -0.05) is 71.8 Å². The number of aromatic nitrogens is 1. The zero-order chi connectivity index (χ0) is 18.1. The minimum Gasteiger partial charge on any atom is -0.303 e. The van der Waals surface area contributed by atoms with Crippen molar-refractivity contribution in [2.24, 2.45) is 0 Å². The third-order valence-corrected chi connectivity index (χ3v) is 4.79. The molecule has 0 saturated heterocycles. The van der Waals surface area contributed by atoms with E-state index in [9.17, 15) is 4.79 Å². The second kappa shape index (κ2) is 6.64. The van der Waals surface area contributed by atoms with Crippen LogP contribution in [0, 0.1) is 13.8 Å². The smallest absolute Gasteiger partial charge is 0.259 e. The van der Waals surface area contributed by atoms with E-state index in [1.807, 2.05) is 34.9 Å². The minimum absolute atomic E-state index is 0.0557. The first kappa shape index (κ1) is 16.3. The van der Waals surface area contributed by atoms with Gasteiger partial charge in [-0.15, -0.1) is 0 Å². The molecule has 0 fully saturated rings. The predicted octanol–water partition coefficient (Wildman–Crippen LogP) is 5.33. The molecule has 0 radical (unpaired) electrons. The van der Waals surface area contributed by atoms with Crippen LogP contribution in [0.5, 0.6) is 0 Å². The van der Waals surface area contributed by atoms with Gasteiger partial charge in [-0.3, -0.25) is 4.79 Å². The quantitative estimate of drug-likeness (QED) is 0.494. The Bertz CT molecular complexity index is 1140. The fourth-order valence-corrected chi connectivity index (χ4v) is 3.37. The molecule has 4 aromatic rings. The second-order valence-electron chi connectivity index (χ2n) is 6.86. The zero-order valence-corrected chi connectivity index (χ0v) is 15.1. The molecular formula is C24H21NO. The van der Waals surface area contributed by atoms with Gasteiger partial charge in [-0.25, -0.2) is 0 Å². The van der Waals surface area contributed by atoms with Crippen LogP contribution in [-0.4, -0.2) is 4.57 Å². The van der Waals surface area contributed by atoms with E-state index in [0.717, 1.165) is 27.6 Å². The number of benzene rings is 3. The Labute approximate surface area is 153 Å². The Morgan fingerprint density at radius 1 is 0.769 bits per heavy atom. The molecule has 0 aliphatic carbocycles. The van der Waals surface area contributed by atoms with Crippen LogP contribution in [0.2, 0.25) is 0 Å². The molecule has 1 heterocycles. The lowest BCUT2D eigenvalue weighted by molar-refractivity contribution is 0.776. The third-order valence-electron chi connectivity index (χ3n) is 4.79. The van der Waals surface area contributed by atoms with Crippen molar-refractivity contribution in [3.8, 4) is 11.3 Å². The predicted molar refractivity (Wildman–Crippen MR) is 109 cm³/mol. The van der Waals surface area contributed by atoms with Crippen LogP contribution in [0.1, 0.15) is 16.7 Å². The first-order valence-electron chi connectivity index (χ1n) is 8.87. The van der Waals surface area contributed by atoms with Gasteiger partial charge < -0.3 is 4.57 Å². The molecule has 0 N–H and O–H groups in total. The van der Waals surface area contributed by atoms with Gasteiger partial charge >= 0.3 is 0 Å². The van der Waals surface area contributed by atoms with Crippen LogP contribution in [0.3, 0.4) is 0 Å². The highest BCUT2D eigenvalue weighted by molar-refractivity contribution is 5.85. The fourth-order valence-electron chi connectivity index (χ4n) is 3.37. The summed E-state index contributed by atoms with van der Waals surface area (Å²) in [5.41, 5.74) is 5.61. The van der Waals surface area contributed by atoms with Gasteiger partial charge in [-0.2, -0.15) is 0 Å². The van der Waals surface area contributed by atoms with Gasteiger partial charge in [0, 0.05) is 5.39 Å². The van der Waals surface area contributed by atoms with E-state index in [4.69, 9.17) is 0 Å². The van der Waals surface area contributed by atoms with Crippen LogP contribution in [0.15, 0.2) is 83.7 Å². The standard InChI is InChI=1S/C24H21NO/c1-17-10-12-19(13-11-17)16-25-23(21-8-5-6-18(2)14-21)15-20-7-3-4-9-22(20)24(25)26/h3-15H,16H2,1-2H3. The molecule has 0 unspecified atom stereocenters. The molecule has 26 heavy (non-hydrogen) atoms. The number of hydrogen-bond acceptors (Lipinski definition) is 1. The minimum atomic E-state index is 0.0557. The van der Waals surface area contributed by atoms with Crippen LogP contribution < -0.4 is 5.56 Å². The molecule has 0 bridgehead atoms. The molecule has 2 nitrogen and oxygen atoms in total. The van der Waals surface area contributed by atoms with Gasteiger partial charge in [0.1, 0.15) is 0 Å². The summed E-state index contributed by atoms with van der Waals surface area (Å²) in [4.78, 5) is 13.2. The zero-order valence-electron chi connectivity index (χ0n) is 15.1. The average Bonchev–Trinajstić information content (AvgIpc) is 2.65. The third kappa shape index (κ3) is 3.06. The molecule has 0 aliphatic heterocycles. The lowest BCUT2D eigenvalue weighted by Gasteiger charge is -2.16. The maximum atomic E-state index is 13.2. The summed E-state index contributed by atoms with van der Waals surface area (Å²) in [5, 5.41) is 1.74. The van der Waals surface area contributed by atoms with E-state index in [2.05, 4.69) is 62.4 Å². The van der Waals surface area contributed by atoms with Crippen molar-refractivity contribution >= 4 is 10.8 Å². The topological polar surface area (TPSA) is 22.0 Å². The SMILES string of the molecule is Cc1ccc(Cn2c(-c3cccc(C)c3)cc3ccccc3c2=O)cc1. The van der Waals surface area contributed by atoms with Crippen molar-refractivity contribution in [3.05, 3.63) is 106 Å². The largest absolute Gasteiger partial charge is 0.303 e. The van der Waals surface area contributed by atoms with Gasteiger partial charge in [0.2, 0.25) is 0 Å². The molecule has 0 atom stereocenters. The summed E-state index contributed by atoms with van der Waals surface area (Å²) < 4.78 is 1.89. The first-order valence-corrected chi connectivity index (χ1v) is 8.87. The summed E-state index contributed by atoms with van der Waals surface area (Å²) in [6.45, 7) is 4.71. The molecule has 0 saturated carbocycles. The van der Waals surface area contributed by atoms with Crippen molar-refractivity contribution in [2.45, 2.75) is 20.4 Å². The van der Waals surface area contributed by atoms with E-state index in [1.54, 1.807) is 0 Å². The number of pyridine rings is 1. The Hall–Kier alpha value is -3.13. The first-order chi connectivity index (χ1) is 12.6. The van der Waals surface area contributed by atoms with Crippen LogP contribution in [0.4, 0.5) is 0 Å². The number of fused-ring (bicyclic) bond motifs is 1. The lowest BCUT2D eigenvalue weighted by atomic mass is 10.0. The highest BCUT2D eigenvalue weighted by atomic mass is 16.1. The van der Waals surface area contributed by atoms with Gasteiger partial charge in [-0.05, 0) is 48.6 Å². The van der Waals surface area contributed by atoms with Gasteiger partial charge in [0.05, 0.1) is 12.2 Å².